The molecule has 1 aromatic heterocycles. The number of amides is 1. The van der Waals surface area contributed by atoms with Crippen molar-refractivity contribution in [2.24, 2.45) is 11.3 Å². The molecule has 1 N–H and O–H groups in total. The van der Waals surface area contributed by atoms with Gasteiger partial charge in [-0.15, -0.1) is 0 Å². The van der Waals surface area contributed by atoms with Crippen LogP contribution in [0.1, 0.15) is 93.4 Å². The summed E-state index contributed by atoms with van der Waals surface area (Å²) in [6.07, 6.45) is 6.59. The Balaban J connectivity index is 1.55. The Morgan fingerprint density at radius 1 is 1.10 bits per heavy atom. The summed E-state index contributed by atoms with van der Waals surface area (Å²) in [6.45, 7) is 8.23. The van der Waals surface area contributed by atoms with Crippen LogP contribution in [0.2, 0.25) is 5.02 Å². The lowest BCUT2D eigenvalue weighted by atomic mass is 9.69. The third-order valence-electron chi connectivity index (χ3n) is 8.79. The zero-order valence-corrected chi connectivity index (χ0v) is 25.6. The molecule has 3 aromatic rings. The molecule has 0 radical (unpaired) electrons. The van der Waals surface area contributed by atoms with Crippen molar-refractivity contribution >= 4 is 46.0 Å². The van der Waals surface area contributed by atoms with Gasteiger partial charge in [0.15, 0.2) is 6.10 Å². The topological polar surface area (TPSA) is 92.1 Å². The molecular formula is C35H38ClN3O3. The molecule has 2 aliphatic rings. The van der Waals surface area contributed by atoms with Crippen LogP contribution in [-0.2, 0) is 16.0 Å². The molecule has 42 heavy (non-hydrogen) atoms. The number of carbonyl (C=O) groups is 2. The average Bonchev–Trinajstić information content (AvgIpc) is 2.97. The second-order valence-corrected chi connectivity index (χ2v) is 13.3. The number of nitrogens with one attached hydrogen (secondary N) is 1. The second-order valence-electron chi connectivity index (χ2n) is 12.8. The first kappa shape index (κ1) is 29.8. The molecule has 1 saturated carbocycles. The number of aromatic nitrogens is 1. The van der Waals surface area contributed by atoms with E-state index in [1.165, 1.54) is 0 Å². The zero-order chi connectivity index (χ0) is 30.1. The summed E-state index contributed by atoms with van der Waals surface area (Å²) in [4.78, 5) is 32.3. The van der Waals surface area contributed by atoms with Crippen molar-refractivity contribution in [3.8, 4) is 6.07 Å². The standard InChI is InChI=1S/C35H38ClN3O3/c1-22(32(40)39-35(21-37)16-8-5-9-17-35)42-33(41)30-27-10-6-7-11-29(27)38-31-24(18-23-12-14-26(36)15-13-23)19-25(20-28(30)31)34(2,3)4/h6-7,10-15,18,22,25H,5,8-9,16-17,19-20H2,1-4H3,(H,39,40)/b24-18-. The Bertz CT molecular complexity index is 1570. The number of nitrogens with zero attached hydrogens (tertiary/aromatic N) is 2. The van der Waals surface area contributed by atoms with Gasteiger partial charge in [0.2, 0.25) is 0 Å². The van der Waals surface area contributed by atoms with Crippen LogP contribution in [0.3, 0.4) is 0 Å². The third kappa shape index (κ3) is 6.22. The summed E-state index contributed by atoms with van der Waals surface area (Å²) >= 11 is 6.14. The van der Waals surface area contributed by atoms with Gasteiger partial charge in [0, 0.05) is 10.4 Å². The fourth-order valence-electron chi connectivity index (χ4n) is 6.16. The normalized spacial score (nSPS) is 19.9. The van der Waals surface area contributed by atoms with E-state index in [4.69, 9.17) is 21.3 Å². The highest BCUT2D eigenvalue weighted by Gasteiger charge is 2.38. The molecule has 1 amide bonds. The minimum absolute atomic E-state index is 0.0254. The number of fused-ring (bicyclic) bond motifs is 2. The van der Waals surface area contributed by atoms with Crippen molar-refractivity contribution in [2.75, 3.05) is 0 Å². The Morgan fingerprint density at radius 2 is 1.79 bits per heavy atom. The number of esters is 1. The van der Waals surface area contributed by atoms with Gasteiger partial charge in [0.1, 0.15) is 5.54 Å². The van der Waals surface area contributed by atoms with E-state index in [9.17, 15) is 14.9 Å². The van der Waals surface area contributed by atoms with Gasteiger partial charge in [-0.3, -0.25) is 4.79 Å². The van der Waals surface area contributed by atoms with Crippen molar-refractivity contribution in [2.45, 2.75) is 84.3 Å². The van der Waals surface area contributed by atoms with Crippen LogP contribution in [0, 0.1) is 22.7 Å². The fraction of sp³-hybridized carbons (Fsp3) is 0.429. The second kappa shape index (κ2) is 11.9. The number of pyridine rings is 1. The van der Waals surface area contributed by atoms with Crippen LogP contribution in [-0.4, -0.2) is 28.5 Å². The van der Waals surface area contributed by atoms with Crippen molar-refractivity contribution in [1.29, 1.82) is 5.26 Å². The van der Waals surface area contributed by atoms with Crippen LogP contribution in [0.15, 0.2) is 48.5 Å². The first-order chi connectivity index (χ1) is 20.0. The summed E-state index contributed by atoms with van der Waals surface area (Å²) in [5, 5.41) is 14.1. The van der Waals surface area contributed by atoms with E-state index < -0.39 is 23.5 Å². The van der Waals surface area contributed by atoms with Crippen molar-refractivity contribution in [3.05, 3.63) is 75.9 Å². The molecule has 1 fully saturated rings. The van der Waals surface area contributed by atoms with E-state index in [0.717, 1.165) is 48.1 Å². The monoisotopic (exact) mass is 583 g/mol. The summed E-state index contributed by atoms with van der Waals surface area (Å²) in [5.74, 6) is -0.752. The van der Waals surface area contributed by atoms with Crippen LogP contribution < -0.4 is 5.32 Å². The van der Waals surface area contributed by atoms with Gasteiger partial charge in [0.05, 0.1) is 22.8 Å². The van der Waals surface area contributed by atoms with Crippen molar-refractivity contribution < 1.29 is 14.3 Å². The Hall–Kier alpha value is -3.69. The highest BCUT2D eigenvalue weighted by molar-refractivity contribution is 6.30. The van der Waals surface area contributed by atoms with Gasteiger partial charge in [-0.05, 0) is 84.9 Å². The van der Waals surface area contributed by atoms with E-state index in [1.54, 1.807) is 6.92 Å². The van der Waals surface area contributed by atoms with Crippen LogP contribution in [0.5, 0.6) is 0 Å². The SMILES string of the molecule is CC(OC(=O)c1c2c(nc3ccccc13)/C(=C\c1ccc(Cl)cc1)CC(C(C)(C)C)C2)C(=O)NC1(C#N)CCCCC1. The fourth-order valence-corrected chi connectivity index (χ4v) is 6.29. The number of carbonyl (C=O) groups excluding carboxylic acids is 2. The molecule has 1 heterocycles. The number of para-hydroxylation sites is 1. The number of hydrogen-bond donors (Lipinski definition) is 1. The van der Waals surface area contributed by atoms with Gasteiger partial charge >= 0.3 is 5.97 Å². The lowest BCUT2D eigenvalue weighted by Gasteiger charge is -2.37. The third-order valence-corrected chi connectivity index (χ3v) is 9.04. The van der Waals surface area contributed by atoms with Crippen molar-refractivity contribution in [3.63, 3.8) is 0 Å². The quantitative estimate of drug-likeness (QED) is 0.308. The van der Waals surface area contributed by atoms with Gasteiger partial charge < -0.3 is 10.1 Å². The van der Waals surface area contributed by atoms with Gasteiger partial charge in [0.25, 0.3) is 5.91 Å². The maximum Gasteiger partial charge on any atom is 0.339 e. The molecule has 0 bridgehead atoms. The molecule has 218 valence electrons. The predicted octanol–water partition coefficient (Wildman–Crippen LogP) is 7.93. The molecular weight excluding hydrogens is 546 g/mol. The molecule has 2 atom stereocenters. The molecule has 2 aromatic carbocycles. The van der Waals surface area contributed by atoms with Gasteiger partial charge in [-0.1, -0.05) is 82.0 Å². The number of ether oxygens (including phenoxy) is 1. The van der Waals surface area contributed by atoms with E-state index >= 15 is 0 Å². The van der Waals surface area contributed by atoms with Gasteiger partial charge in [-0.2, -0.15) is 5.26 Å². The predicted molar refractivity (Wildman–Crippen MR) is 167 cm³/mol. The van der Waals surface area contributed by atoms with Gasteiger partial charge in [-0.25, -0.2) is 9.78 Å². The molecule has 0 aliphatic heterocycles. The summed E-state index contributed by atoms with van der Waals surface area (Å²) in [5.41, 5.74) is 3.92. The first-order valence-corrected chi connectivity index (χ1v) is 15.2. The number of nitriles is 1. The largest absolute Gasteiger partial charge is 0.449 e. The van der Waals surface area contributed by atoms with E-state index in [2.05, 4.69) is 38.2 Å². The zero-order valence-electron chi connectivity index (χ0n) is 24.8. The maximum absolute atomic E-state index is 14.0. The smallest absolute Gasteiger partial charge is 0.339 e. The highest BCUT2D eigenvalue weighted by Crippen LogP contribution is 2.45. The van der Waals surface area contributed by atoms with Crippen LogP contribution >= 0.6 is 11.6 Å². The number of benzene rings is 2. The number of hydrogen-bond acceptors (Lipinski definition) is 5. The first-order valence-electron chi connectivity index (χ1n) is 14.8. The molecule has 5 rings (SSSR count). The maximum atomic E-state index is 14.0. The highest BCUT2D eigenvalue weighted by atomic mass is 35.5. The summed E-state index contributed by atoms with van der Waals surface area (Å²) in [6, 6.07) is 17.6. The Morgan fingerprint density at radius 3 is 2.45 bits per heavy atom. The van der Waals surface area contributed by atoms with E-state index in [-0.39, 0.29) is 11.3 Å². The molecule has 0 spiro atoms. The van der Waals surface area contributed by atoms with Crippen LogP contribution in [0.25, 0.3) is 22.6 Å². The van der Waals surface area contributed by atoms with E-state index in [0.29, 0.717) is 40.8 Å². The lowest BCUT2D eigenvalue weighted by molar-refractivity contribution is -0.130. The minimum atomic E-state index is -1.06. The molecule has 2 aliphatic carbocycles. The lowest BCUT2D eigenvalue weighted by Crippen LogP contribution is -2.52. The van der Waals surface area contributed by atoms with E-state index in [1.807, 2.05) is 48.5 Å². The molecule has 7 heteroatoms. The van der Waals surface area contributed by atoms with Crippen LogP contribution in [0.4, 0.5) is 0 Å². The molecule has 6 nitrogen and oxygen atoms in total. The Labute approximate surface area is 253 Å². The minimum Gasteiger partial charge on any atom is -0.449 e. The van der Waals surface area contributed by atoms with Crippen molar-refractivity contribution in [1.82, 2.24) is 10.3 Å². The number of rotatable bonds is 5. The molecule has 2 unspecified atom stereocenters. The number of allylic oxidation sites excluding steroid dienone is 1. The number of halogens is 1. The summed E-state index contributed by atoms with van der Waals surface area (Å²) < 4.78 is 5.87. The Kier molecular flexibility index (Phi) is 8.44. The summed E-state index contributed by atoms with van der Waals surface area (Å²) in [7, 11) is 0. The molecule has 0 saturated heterocycles. The average molecular weight is 584 g/mol.